The summed E-state index contributed by atoms with van der Waals surface area (Å²) in [6.45, 7) is 1.06. The molecule has 7 heteroatoms. The number of carboxylic acid groups (broad SMARTS) is 1. The van der Waals surface area contributed by atoms with Crippen LogP contribution in [0.1, 0.15) is 18.4 Å². The highest BCUT2D eigenvalue weighted by atomic mass is 32.2. The second kappa shape index (κ2) is 5.58. The molecule has 0 radical (unpaired) electrons. The number of hydrogen-bond donors (Lipinski definition) is 2. The molecule has 1 aromatic rings. The van der Waals surface area contributed by atoms with E-state index in [0.29, 0.717) is 24.3 Å². The maximum absolute atomic E-state index is 12.0. The van der Waals surface area contributed by atoms with E-state index in [4.69, 9.17) is 5.11 Å². The molecule has 0 amide bonds. The minimum atomic E-state index is -3.52. The second-order valence-corrected chi connectivity index (χ2v) is 6.15. The first-order valence-corrected chi connectivity index (χ1v) is 7.50. The molecule has 1 fully saturated rings. The molecule has 1 heterocycles. The van der Waals surface area contributed by atoms with Gasteiger partial charge in [0.25, 0.3) is 0 Å². The summed E-state index contributed by atoms with van der Waals surface area (Å²) in [5, 5.41) is 8.72. The molecule has 1 aliphatic heterocycles. The lowest BCUT2D eigenvalue weighted by Crippen LogP contribution is -2.33. The Morgan fingerprint density at radius 1 is 1.32 bits per heavy atom. The third-order valence-corrected chi connectivity index (χ3v) is 4.47. The molecule has 0 atom stereocenters. The minimum Gasteiger partial charge on any atom is -0.481 e. The summed E-state index contributed by atoms with van der Waals surface area (Å²) in [4.78, 5) is 10.6. The number of benzene rings is 1. The van der Waals surface area contributed by atoms with Crippen LogP contribution in [0.15, 0.2) is 24.3 Å². The molecule has 0 saturated carbocycles. The Morgan fingerprint density at radius 2 is 2.00 bits per heavy atom. The van der Waals surface area contributed by atoms with Crippen LogP contribution in [0.4, 0.5) is 5.69 Å². The van der Waals surface area contributed by atoms with Crippen molar-refractivity contribution in [2.75, 3.05) is 17.8 Å². The summed E-state index contributed by atoms with van der Waals surface area (Å²) < 4.78 is 27.9. The Kier molecular flexibility index (Phi) is 4.06. The topological polar surface area (TPSA) is 86.7 Å². The largest absolute Gasteiger partial charge is 0.481 e. The fourth-order valence-electron chi connectivity index (χ4n) is 2.06. The zero-order chi connectivity index (χ0) is 13.9. The van der Waals surface area contributed by atoms with E-state index < -0.39 is 16.2 Å². The Labute approximate surface area is 112 Å². The third-order valence-electron chi connectivity index (χ3n) is 2.93. The van der Waals surface area contributed by atoms with Crippen LogP contribution in [0.25, 0.3) is 0 Å². The number of rotatable bonds is 5. The van der Waals surface area contributed by atoms with Crippen LogP contribution in [-0.4, -0.2) is 36.9 Å². The van der Waals surface area contributed by atoms with Crippen molar-refractivity contribution in [1.82, 2.24) is 4.31 Å². The van der Waals surface area contributed by atoms with Crippen LogP contribution in [0.2, 0.25) is 0 Å². The van der Waals surface area contributed by atoms with Gasteiger partial charge in [-0.3, -0.25) is 9.52 Å². The molecule has 0 bridgehead atoms. The highest BCUT2D eigenvalue weighted by Gasteiger charge is 2.25. The Morgan fingerprint density at radius 3 is 2.63 bits per heavy atom. The number of aliphatic carboxylic acids is 1. The zero-order valence-electron chi connectivity index (χ0n) is 10.4. The van der Waals surface area contributed by atoms with Gasteiger partial charge < -0.3 is 5.11 Å². The fourth-order valence-corrected chi connectivity index (χ4v) is 3.35. The van der Waals surface area contributed by atoms with Gasteiger partial charge in [-0.2, -0.15) is 12.7 Å². The number of hydrogen-bond acceptors (Lipinski definition) is 3. The quantitative estimate of drug-likeness (QED) is 0.846. The lowest BCUT2D eigenvalue weighted by molar-refractivity contribution is -0.136. The predicted molar refractivity (Wildman–Crippen MR) is 71.1 cm³/mol. The van der Waals surface area contributed by atoms with Crippen molar-refractivity contribution in [2.24, 2.45) is 0 Å². The molecule has 104 valence electrons. The van der Waals surface area contributed by atoms with Gasteiger partial charge in [0.2, 0.25) is 0 Å². The average molecular weight is 284 g/mol. The van der Waals surface area contributed by atoms with Gasteiger partial charge in [0, 0.05) is 13.1 Å². The first-order chi connectivity index (χ1) is 8.97. The number of nitrogens with zero attached hydrogens (tertiary/aromatic N) is 1. The maximum Gasteiger partial charge on any atom is 0.307 e. The SMILES string of the molecule is O=C(O)Cc1cccc(NS(=O)(=O)N2CCCC2)c1. The van der Waals surface area contributed by atoms with E-state index >= 15 is 0 Å². The van der Waals surface area contributed by atoms with Gasteiger partial charge in [0.05, 0.1) is 12.1 Å². The summed E-state index contributed by atoms with van der Waals surface area (Å²) in [6.07, 6.45) is 1.62. The highest BCUT2D eigenvalue weighted by Crippen LogP contribution is 2.17. The van der Waals surface area contributed by atoms with E-state index in [1.54, 1.807) is 24.3 Å². The predicted octanol–water partition coefficient (Wildman–Crippen LogP) is 1.07. The van der Waals surface area contributed by atoms with Crippen molar-refractivity contribution in [3.63, 3.8) is 0 Å². The summed E-state index contributed by atoms with van der Waals surface area (Å²) in [7, 11) is -3.52. The van der Waals surface area contributed by atoms with Gasteiger partial charge in [0.1, 0.15) is 0 Å². The molecule has 6 nitrogen and oxygen atoms in total. The third kappa shape index (κ3) is 3.68. The van der Waals surface area contributed by atoms with Crippen LogP contribution in [0.5, 0.6) is 0 Å². The molecule has 19 heavy (non-hydrogen) atoms. The minimum absolute atomic E-state index is 0.126. The van der Waals surface area contributed by atoms with Crippen LogP contribution >= 0.6 is 0 Å². The maximum atomic E-state index is 12.0. The van der Waals surface area contributed by atoms with Gasteiger partial charge in [-0.15, -0.1) is 0 Å². The molecule has 0 aromatic heterocycles. The standard InChI is InChI=1S/C12H16N2O4S/c15-12(16)9-10-4-3-5-11(8-10)13-19(17,18)14-6-1-2-7-14/h3-5,8,13H,1-2,6-7,9H2,(H,15,16). The van der Waals surface area contributed by atoms with Crippen LogP contribution in [0.3, 0.4) is 0 Å². The lowest BCUT2D eigenvalue weighted by atomic mass is 10.1. The summed E-state index contributed by atoms with van der Waals surface area (Å²) in [5.41, 5.74) is 0.958. The molecule has 2 rings (SSSR count). The first-order valence-electron chi connectivity index (χ1n) is 6.06. The van der Waals surface area contributed by atoms with Gasteiger partial charge in [-0.1, -0.05) is 12.1 Å². The second-order valence-electron chi connectivity index (χ2n) is 4.48. The van der Waals surface area contributed by atoms with Crippen molar-refractivity contribution < 1.29 is 18.3 Å². The van der Waals surface area contributed by atoms with Gasteiger partial charge >= 0.3 is 16.2 Å². The van der Waals surface area contributed by atoms with E-state index in [0.717, 1.165) is 12.8 Å². The molecule has 1 aliphatic rings. The molecule has 0 unspecified atom stereocenters. The number of carbonyl (C=O) groups is 1. The van der Waals surface area contributed by atoms with Crippen LogP contribution < -0.4 is 4.72 Å². The first kappa shape index (κ1) is 13.8. The summed E-state index contributed by atoms with van der Waals surface area (Å²) in [6, 6.07) is 6.45. The van der Waals surface area contributed by atoms with Gasteiger partial charge in [-0.25, -0.2) is 0 Å². The van der Waals surface area contributed by atoms with E-state index in [2.05, 4.69) is 4.72 Å². The van der Waals surface area contributed by atoms with Gasteiger partial charge in [0.15, 0.2) is 0 Å². The normalized spacial score (nSPS) is 16.4. The van der Waals surface area contributed by atoms with Crippen molar-refractivity contribution >= 4 is 21.9 Å². The smallest absolute Gasteiger partial charge is 0.307 e. The van der Waals surface area contributed by atoms with Crippen molar-refractivity contribution in [1.29, 1.82) is 0 Å². The average Bonchev–Trinajstić information content (AvgIpc) is 2.81. The molecule has 2 N–H and O–H groups in total. The number of carboxylic acids is 1. The fraction of sp³-hybridized carbons (Fsp3) is 0.417. The van der Waals surface area contributed by atoms with Gasteiger partial charge in [-0.05, 0) is 30.5 Å². The number of nitrogens with one attached hydrogen (secondary N) is 1. The molecule has 1 aromatic carbocycles. The summed E-state index contributed by atoms with van der Waals surface area (Å²) in [5.74, 6) is -0.945. The van der Waals surface area contributed by atoms with E-state index in [9.17, 15) is 13.2 Å². The Hall–Kier alpha value is -1.60. The van der Waals surface area contributed by atoms with E-state index in [1.807, 2.05) is 0 Å². The number of anilines is 1. The van der Waals surface area contributed by atoms with E-state index in [1.165, 1.54) is 4.31 Å². The van der Waals surface area contributed by atoms with Crippen molar-refractivity contribution in [3.8, 4) is 0 Å². The summed E-state index contributed by atoms with van der Waals surface area (Å²) >= 11 is 0. The molecule has 1 saturated heterocycles. The van der Waals surface area contributed by atoms with Crippen LogP contribution in [0, 0.1) is 0 Å². The zero-order valence-corrected chi connectivity index (χ0v) is 11.2. The van der Waals surface area contributed by atoms with Crippen molar-refractivity contribution in [3.05, 3.63) is 29.8 Å². The molecule has 0 spiro atoms. The monoisotopic (exact) mass is 284 g/mol. The van der Waals surface area contributed by atoms with E-state index in [-0.39, 0.29) is 6.42 Å². The Bertz CT molecular complexity index is 565. The van der Waals surface area contributed by atoms with Crippen LogP contribution in [-0.2, 0) is 21.4 Å². The lowest BCUT2D eigenvalue weighted by Gasteiger charge is -2.17. The molecular formula is C12H16N2O4S. The molecular weight excluding hydrogens is 268 g/mol. The molecule has 0 aliphatic carbocycles. The van der Waals surface area contributed by atoms with Crippen molar-refractivity contribution in [2.45, 2.75) is 19.3 Å². The Balaban J connectivity index is 2.12. The highest BCUT2D eigenvalue weighted by molar-refractivity contribution is 7.90.